The Hall–Kier alpha value is -1.00. The standard InChI is InChI=1S/C10H13NO2S/c11-10(7-14,9(12)13)6-8-4-2-1-3-5-8/h1-5,14H,6-7,11H2,(H,12,13). The van der Waals surface area contributed by atoms with Crippen molar-refractivity contribution in [1.82, 2.24) is 0 Å². The van der Waals surface area contributed by atoms with Crippen LogP contribution >= 0.6 is 12.6 Å². The van der Waals surface area contributed by atoms with E-state index < -0.39 is 11.5 Å². The van der Waals surface area contributed by atoms with Gasteiger partial charge in [0.25, 0.3) is 0 Å². The van der Waals surface area contributed by atoms with Crippen LogP contribution in [0.25, 0.3) is 0 Å². The van der Waals surface area contributed by atoms with Gasteiger partial charge in [0.05, 0.1) is 0 Å². The van der Waals surface area contributed by atoms with Gasteiger partial charge in [-0.05, 0) is 5.56 Å². The van der Waals surface area contributed by atoms with Crippen LogP contribution in [-0.4, -0.2) is 22.4 Å². The first-order valence-electron chi connectivity index (χ1n) is 4.25. The molecule has 1 rings (SSSR count). The van der Waals surface area contributed by atoms with Crippen molar-refractivity contribution in [2.45, 2.75) is 12.0 Å². The number of rotatable bonds is 4. The largest absolute Gasteiger partial charge is 0.480 e. The van der Waals surface area contributed by atoms with Crippen LogP contribution in [0.2, 0.25) is 0 Å². The first kappa shape index (κ1) is 11.1. The Morgan fingerprint density at radius 2 is 2.00 bits per heavy atom. The maximum Gasteiger partial charge on any atom is 0.324 e. The van der Waals surface area contributed by atoms with Crippen molar-refractivity contribution >= 4 is 18.6 Å². The van der Waals surface area contributed by atoms with Crippen LogP contribution in [0.15, 0.2) is 30.3 Å². The highest BCUT2D eigenvalue weighted by molar-refractivity contribution is 7.80. The molecule has 4 heteroatoms. The maximum absolute atomic E-state index is 10.9. The number of hydrogen-bond acceptors (Lipinski definition) is 3. The molecular weight excluding hydrogens is 198 g/mol. The van der Waals surface area contributed by atoms with Crippen molar-refractivity contribution in [3.05, 3.63) is 35.9 Å². The Balaban J connectivity index is 2.81. The molecule has 0 bridgehead atoms. The quantitative estimate of drug-likeness (QED) is 0.649. The lowest BCUT2D eigenvalue weighted by Crippen LogP contribution is -2.51. The van der Waals surface area contributed by atoms with E-state index in [2.05, 4.69) is 12.6 Å². The molecule has 3 N–H and O–H groups in total. The lowest BCUT2D eigenvalue weighted by Gasteiger charge is -2.22. The van der Waals surface area contributed by atoms with Crippen LogP contribution in [0.4, 0.5) is 0 Å². The Kier molecular flexibility index (Phi) is 3.55. The summed E-state index contributed by atoms with van der Waals surface area (Å²) in [5, 5.41) is 8.92. The molecule has 0 aliphatic heterocycles. The third-order valence-corrected chi connectivity index (χ3v) is 2.63. The number of aliphatic carboxylic acids is 1. The first-order chi connectivity index (χ1) is 6.58. The van der Waals surface area contributed by atoms with E-state index in [1.54, 1.807) is 0 Å². The van der Waals surface area contributed by atoms with Crippen LogP contribution in [0.3, 0.4) is 0 Å². The van der Waals surface area contributed by atoms with Gasteiger partial charge in [0, 0.05) is 12.2 Å². The highest BCUT2D eigenvalue weighted by Crippen LogP contribution is 2.12. The highest BCUT2D eigenvalue weighted by Gasteiger charge is 2.32. The smallest absolute Gasteiger partial charge is 0.324 e. The molecule has 1 atom stereocenters. The summed E-state index contributed by atoms with van der Waals surface area (Å²) >= 11 is 3.97. The summed E-state index contributed by atoms with van der Waals surface area (Å²) in [6.45, 7) is 0. The average molecular weight is 211 g/mol. The van der Waals surface area contributed by atoms with Crippen LogP contribution in [0.1, 0.15) is 5.56 Å². The molecule has 0 spiro atoms. The van der Waals surface area contributed by atoms with Crippen molar-refractivity contribution in [2.24, 2.45) is 5.73 Å². The van der Waals surface area contributed by atoms with E-state index in [1.807, 2.05) is 30.3 Å². The number of nitrogens with two attached hydrogens (primary N) is 1. The van der Waals surface area contributed by atoms with Crippen LogP contribution in [-0.2, 0) is 11.2 Å². The van der Waals surface area contributed by atoms with Gasteiger partial charge in [0.15, 0.2) is 0 Å². The predicted octanol–water partition coefficient (Wildman–Crippen LogP) is 0.941. The predicted molar refractivity (Wildman–Crippen MR) is 58.6 cm³/mol. The fraction of sp³-hybridized carbons (Fsp3) is 0.300. The summed E-state index contributed by atoms with van der Waals surface area (Å²) in [6.07, 6.45) is 0.298. The van der Waals surface area contributed by atoms with Crippen molar-refractivity contribution in [1.29, 1.82) is 0 Å². The van der Waals surface area contributed by atoms with Crippen molar-refractivity contribution in [3.63, 3.8) is 0 Å². The topological polar surface area (TPSA) is 63.3 Å². The first-order valence-corrected chi connectivity index (χ1v) is 4.89. The van der Waals surface area contributed by atoms with Gasteiger partial charge in [-0.15, -0.1) is 0 Å². The van der Waals surface area contributed by atoms with E-state index in [1.165, 1.54) is 0 Å². The summed E-state index contributed by atoms with van der Waals surface area (Å²) < 4.78 is 0. The fourth-order valence-electron chi connectivity index (χ4n) is 1.16. The minimum Gasteiger partial charge on any atom is -0.480 e. The molecule has 1 aromatic carbocycles. The molecule has 76 valence electrons. The molecule has 1 unspecified atom stereocenters. The van der Waals surface area contributed by atoms with Gasteiger partial charge in [0.1, 0.15) is 5.54 Å². The van der Waals surface area contributed by atoms with Crippen molar-refractivity contribution < 1.29 is 9.90 Å². The molecule has 0 heterocycles. The number of carboxylic acid groups (broad SMARTS) is 1. The molecule has 0 amide bonds. The highest BCUT2D eigenvalue weighted by atomic mass is 32.1. The summed E-state index contributed by atoms with van der Waals surface area (Å²) in [6, 6.07) is 9.30. The molecule has 0 aliphatic carbocycles. The SMILES string of the molecule is NC(CS)(Cc1ccccc1)C(=O)O. The van der Waals surface area contributed by atoms with E-state index in [9.17, 15) is 4.79 Å². The lowest BCUT2D eigenvalue weighted by atomic mass is 9.94. The van der Waals surface area contributed by atoms with E-state index in [4.69, 9.17) is 10.8 Å². The number of carboxylic acids is 1. The van der Waals surface area contributed by atoms with Gasteiger partial charge >= 0.3 is 5.97 Å². The van der Waals surface area contributed by atoms with Crippen LogP contribution < -0.4 is 5.73 Å². The number of hydrogen-bond donors (Lipinski definition) is 3. The molecule has 0 aromatic heterocycles. The molecule has 14 heavy (non-hydrogen) atoms. The summed E-state index contributed by atoms with van der Waals surface area (Å²) in [4.78, 5) is 10.9. The fourth-order valence-corrected chi connectivity index (χ4v) is 1.41. The molecule has 3 nitrogen and oxygen atoms in total. The Morgan fingerprint density at radius 3 is 2.43 bits per heavy atom. The average Bonchev–Trinajstić information content (AvgIpc) is 2.19. The van der Waals surface area contributed by atoms with Crippen molar-refractivity contribution in [2.75, 3.05) is 5.75 Å². The number of benzene rings is 1. The minimum atomic E-state index is -1.27. The number of thiol groups is 1. The molecule has 0 saturated heterocycles. The normalized spacial score (nSPS) is 14.7. The van der Waals surface area contributed by atoms with E-state index >= 15 is 0 Å². The van der Waals surface area contributed by atoms with Gasteiger partial charge in [-0.3, -0.25) is 4.79 Å². The van der Waals surface area contributed by atoms with E-state index in [0.29, 0.717) is 6.42 Å². The molecular formula is C10H13NO2S. The number of carbonyl (C=O) groups is 1. The van der Waals surface area contributed by atoms with Gasteiger partial charge in [0.2, 0.25) is 0 Å². The third kappa shape index (κ3) is 2.49. The van der Waals surface area contributed by atoms with E-state index in [0.717, 1.165) is 5.56 Å². The van der Waals surface area contributed by atoms with Crippen LogP contribution in [0, 0.1) is 0 Å². The Labute approximate surface area is 88.3 Å². The Morgan fingerprint density at radius 1 is 1.43 bits per heavy atom. The minimum absolute atomic E-state index is 0.122. The summed E-state index contributed by atoms with van der Waals surface area (Å²) in [5.74, 6) is -0.895. The zero-order valence-electron chi connectivity index (χ0n) is 7.68. The van der Waals surface area contributed by atoms with Crippen molar-refractivity contribution in [3.8, 4) is 0 Å². The molecule has 0 radical (unpaired) electrons. The van der Waals surface area contributed by atoms with Gasteiger partial charge in [-0.25, -0.2) is 0 Å². The molecule has 0 aliphatic rings. The Bertz CT molecular complexity index is 315. The second kappa shape index (κ2) is 4.48. The lowest BCUT2D eigenvalue weighted by molar-refractivity contribution is -0.142. The third-order valence-electron chi connectivity index (χ3n) is 2.07. The zero-order chi connectivity index (χ0) is 10.6. The molecule has 0 saturated carbocycles. The summed E-state index contributed by atoms with van der Waals surface area (Å²) in [7, 11) is 0. The zero-order valence-corrected chi connectivity index (χ0v) is 8.58. The van der Waals surface area contributed by atoms with E-state index in [-0.39, 0.29) is 5.75 Å². The molecule has 1 aromatic rings. The monoisotopic (exact) mass is 211 g/mol. The second-order valence-electron chi connectivity index (χ2n) is 3.28. The second-order valence-corrected chi connectivity index (χ2v) is 3.60. The summed E-state index contributed by atoms with van der Waals surface area (Å²) in [5.41, 5.74) is 5.33. The molecule has 0 fully saturated rings. The van der Waals surface area contributed by atoms with Gasteiger partial charge in [-0.1, -0.05) is 30.3 Å². The van der Waals surface area contributed by atoms with Gasteiger partial charge in [-0.2, -0.15) is 12.6 Å². The maximum atomic E-state index is 10.9. The van der Waals surface area contributed by atoms with Gasteiger partial charge < -0.3 is 10.8 Å². The van der Waals surface area contributed by atoms with Crippen LogP contribution in [0.5, 0.6) is 0 Å².